The lowest BCUT2D eigenvalue weighted by molar-refractivity contribution is -0.143. The van der Waals surface area contributed by atoms with Gasteiger partial charge in [0.25, 0.3) is 0 Å². The maximum absolute atomic E-state index is 12.5. The third-order valence-electron chi connectivity index (χ3n) is 3.95. The van der Waals surface area contributed by atoms with E-state index in [0.29, 0.717) is 24.4 Å². The van der Waals surface area contributed by atoms with Crippen molar-refractivity contribution in [3.8, 4) is 0 Å². The third kappa shape index (κ3) is 5.15. The van der Waals surface area contributed by atoms with E-state index in [1.165, 1.54) is 0 Å². The van der Waals surface area contributed by atoms with Gasteiger partial charge in [0.2, 0.25) is 0 Å². The van der Waals surface area contributed by atoms with Gasteiger partial charge in [0.1, 0.15) is 0 Å². The molecule has 0 N–H and O–H groups in total. The van der Waals surface area contributed by atoms with Gasteiger partial charge in [-0.1, -0.05) is 40.5 Å². The second kappa shape index (κ2) is 9.65. The Balaban J connectivity index is 3.13. The summed E-state index contributed by atoms with van der Waals surface area (Å²) in [6, 6.07) is 0. The molecule has 0 radical (unpaired) electrons. The normalized spacial score (nSPS) is 16.6. The van der Waals surface area contributed by atoms with Crippen molar-refractivity contribution < 1.29 is 19.1 Å². The van der Waals surface area contributed by atoms with Crippen LogP contribution in [0.3, 0.4) is 0 Å². The maximum atomic E-state index is 12.5. The Bertz CT molecular complexity index is 403. The molecule has 0 aromatic rings. The summed E-state index contributed by atoms with van der Waals surface area (Å²) in [6.45, 7) is 8.57. The van der Waals surface area contributed by atoms with Gasteiger partial charge in [0.05, 0.1) is 24.4 Å². The van der Waals surface area contributed by atoms with Crippen LogP contribution in [0.1, 0.15) is 66.2 Å². The molecule has 0 bridgehead atoms. The van der Waals surface area contributed by atoms with Crippen molar-refractivity contribution in [1.82, 2.24) is 0 Å². The van der Waals surface area contributed by atoms with Gasteiger partial charge in [-0.25, -0.2) is 9.59 Å². The minimum Gasteiger partial charge on any atom is -0.462 e. The highest BCUT2D eigenvalue weighted by molar-refractivity contribution is 6.01. The highest BCUT2D eigenvalue weighted by atomic mass is 16.5. The number of carbonyl (C=O) groups excluding carboxylic acids is 2. The summed E-state index contributed by atoms with van der Waals surface area (Å²) < 4.78 is 10.7. The molecule has 0 saturated heterocycles. The molecule has 1 aliphatic rings. The smallest absolute Gasteiger partial charge is 0.334 e. The lowest BCUT2D eigenvalue weighted by Crippen LogP contribution is -2.24. The summed E-state index contributed by atoms with van der Waals surface area (Å²) in [5, 5.41) is 0. The molecule has 0 aliphatic heterocycles. The van der Waals surface area contributed by atoms with Crippen LogP contribution in [0.25, 0.3) is 0 Å². The SMILES string of the molecule is CCCOC(=O)C(=C(C(=O)OCCC)C1CCCC1)C(C)C. The van der Waals surface area contributed by atoms with E-state index in [0.717, 1.165) is 38.5 Å². The topological polar surface area (TPSA) is 52.6 Å². The molecular formula is C18H30O4. The summed E-state index contributed by atoms with van der Waals surface area (Å²) in [7, 11) is 0. The van der Waals surface area contributed by atoms with Crippen molar-refractivity contribution in [1.29, 1.82) is 0 Å². The zero-order chi connectivity index (χ0) is 16.5. The fourth-order valence-corrected chi connectivity index (χ4v) is 2.91. The molecule has 1 saturated carbocycles. The molecule has 1 rings (SSSR count). The quantitative estimate of drug-likeness (QED) is 0.501. The Morgan fingerprint density at radius 3 is 1.91 bits per heavy atom. The van der Waals surface area contributed by atoms with Crippen LogP contribution in [0.15, 0.2) is 11.1 Å². The molecule has 1 fully saturated rings. The lowest BCUT2D eigenvalue weighted by atomic mass is 9.87. The third-order valence-corrected chi connectivity index (χ3v) is 3.95. The Morgan fingerprint density at radius 2 is 1.45 bits per heavy atom. The van der Waals surface area contributed by atoms with E-state index >= 15 is 0 Å². The van der Waals surface area contributed by atoms with E-state index < -0.39 is 0 Å². The van der Waals surface area contributed by atoms with Crippen LogP contribution >= 0.6 is 0 Å². The molecule has 0 aromatic heterocycles. The summed E-state index contributed by atoms with van der Waals surface area (Å²) in [4.78, 5) is 25.0. The van der Waals surface area contributed by atoms with Gasteiger partial charge in [-0.3, -0.25) is 0 Å². The number of ether oxygens (including phenoxy) is 2. The second-order valence-corrected chi connectivity index (χ2v) is 6.24. The van der Waals surface area contributed by atoms with E-state index in [-0.39, 0.29) is 23.8 Å². The zero-order valence-electron chi connectivity index (χ0n) is 14.4. The molecule has 4 nitrogen and oxygen atoms in total. The molecule has 126 valence electrons. The first kappa shape index (κ1) is 18.7. The largest absolute Gasteiger partial charge is 0.462 e. The standard InChI is InChI=1S/C18H30O4/c1-5-11-21-17(19)15(13(3)4)16(14-9-7-8-10-14)18(20)22-12-6-2/h13-14H,5-12H2,1-4H3. The number of hydrogen-bond acceptors (Lipinski definition) is 4. The first-order chi connectivity index (χ1) is 10.5. The summed E-state index contributed by atoms with van der Waals surface area (Å²) in [5.41, 5.74) is 1.09. The first-order valence-electron chi connectivity index (χ1n) is 8.61. The van der Waals surface area contributed by atoms with Crippen molar-refractivity contribution in [2.24, 2.45) is 11.8 Å². The van der Waals surface area contributed by atoms with Gasteiger partial charge >= 0.3 is 11.9 Å². The molecule has 1 aliphatic carbocycles. The average molecular weight is 310 g/mol. The predicted octanol–water partition coefficient (Wildman–Crippen LogP) is 4.04. The van der Waals surface area contributed by atoms with Crippen LogP contribution in [0.5, 0.6) is 0 Å². The zero-order valence-corrected chi connectivity index (χ0v) is 14.4. The van der Waals surface area contributed by atoms with Crippen LogP contribution < -0.4 is 0 Å². The minimum absolute atomic E-state index is 0.0471. The van der Waals surface area contributed by atoms with Crippen LogP contribution in [-0.2, 0) is 19.1 Å². The van der Waals surface area contributed by atoms with Crippen molar-refractivity contribution in [2.75, 3.05) is 13.2 Å². The van der Waals surface area contributed by atoms with Gasteiger partial charge in [-0.05, 0) is 37.5 Å². The van der Waals surface area contributed by atoms with E-state index in [2.05, 4.69) is 0 Å². The van der Waals surface area contributed by atoms with Crippen LogP contribution in [0, 0.1) is 11.8 Å². The van der Waals surface area contributed by atoms with Crippen LogP contribution in [0.2, 0.25) is 0 Å². The Hall–Kier alpha value is -1.32. The highest BCUT2D eigenvalue weighted by Crippen LogP contribution is 2.35. The molecule has 0 spiro atoms. The fourth-order valence-electron chi connectivity index (χ4n) is 2.91. The second-order valence-electron chi connectivity index (χ2n) is 6.24. The highest BCUT2D eigenvalue weighted by Gasteiger charge is 2.33. The Labute approximate surface area is 134 Å². The van der Waals surface area contributed by atoms with E-state index in [1.807, 2.05) is 27.7 Å². The molecule has 0 atom stereocenters. The van der Waals surface area contributed by atoms with E-state index in [1.54, 1.807) is 0 Å². The number of esters is 2. The predicted molar refractivity (Wildman–Crippen MR) is 86.3 cm³/mol. The monoisotopic (exact) mass is 310 g/mol. The number of rotatable bonds is 8. The van der Waals surface area contributed by atoms with Gasteiger partial charge < -0.3 is 9.47 Å². The van der Waals surface area contributed by atoms with Crippen molar-refractivity contribution >= 4 is 11.9 Å². The fraction of sp³-hybridized carbons (Fsp3) is 0.778. The van der Waals surface area contributed by atoms with Gasteiger partial charge in [-0.2, -0.15) is 0 Å². The summed E-state index contributed by atoms with van der Waals surface area (Å²) in [6.07, 6.45) is 5.66. The molecule has 0 amide bonds. The van der Waals surface area contributed by atoms with Crippen molar-refractivity contribution in [2.45, 2.75) is 66.2 Å². The minimum atomic E-state index is -0.354. The Kier molecular flexibility index (Phi) is 8.21. The average Bonchev–Trinajstić information content (AvgIpc) is 3.01. The lowest BCUT2D eigenvalue weighted by Gasteiger charge is -2.20. The molecule has 0 unspecified atom stereocenters. The van der Waals surface area contributed by atoms with Crippen molar-refractivity contribution in [3.05, 3.63) is 11.1 Å². The summed E-state index contributed by atoms with van der Waals surface area (Å²) in [5.74, 6) is -0.594. The molecule has 4 heteroatoms. The molecule has 0 heterocycles. The van der Waals surface area contributed by atoms with Crippen LogP contribution in [-0.4, -0.2) is 25.2 Å². The molecular weight excluding hydrogens is 280 g/mol. The number of hydrogen-bond donors (Lipinski definition) is 0. The van der Waals surface area contributed by atoms with Gasteiger partial charge in [-0.15, -0.1) is 0 Å². The maximum Gasteiger partial charge on any atom is 0.334 e. The molecule has 22 heavy (non-hydrogen) atoms. The van der Waals surface area contributed by atoms with Crippen LogP contribution in [0.4, 0.5) is 0 Å². The first-order valence-corrected chi connectivity index (χ1v) is 8.61. The van der Waals surface area contributed by atoms with E-state index in [4.69, 9.17) is 9.47 Å². The van der Waals surface area contributed by atoms with E-state index in [9.17, 15) is 9.59 Å². The summed E-state index contributed by atoms with van der Waals surface area (Å²) >= 11 is 0. The Morgan fingerprint density at radius 1 is 0.955 bits per heavy atom. The van der Waals surface area contributed by atoms with Crippen molar-refractivity contribution in [3.63, 3.8) is 0 Å². The van der Waals surface area contributed by atoms with Gasteiger partial charge in [0, 0.05) is 0 Å². The van der Waals surface area contributed by atoms with Gasteiger partial charge in [0.15, 0.2) is 0 Å². The number of carbonyl (C=O) groups is 2. The molecule has 0 aromatic carbocycles.